The second-order valence-electron chi connectivity index (χ2n) is 7.52. The summed E-state index contributed by atoms with van der Waals surface area (Å²) in [6, 6.07) is -0.678. The summed E-state index contributed by atoms with van der Waals surface area (Å²) >= 11 is 1.80. The summed E-state index contributed by atoms with van der Waals surface area (Å²) in [5.74, 6) is -1.64. The number of hydrogen-bond donors (Lipinski definition) is 3. The molecular weight excluding hydrogens is 547 g/mol. The van der Waals surface area contributed by atoms with Gasteiger partial charge in [-0.05, 0) is 41.9 Å². The standard InChI is InChI=1S/C18H27IN2O7S2/c1-9(5-6-29-30-10(2)3-4-13(19)23)18(27)28-8-11-7-12(22)14(24)15-20-16(25)17(26)21(11)15/h9-12,14-15,22,24H,3-8H2,1-2H3,(H,20,25). The van der Waals surface area contributed by atoms with Crippen molar-refractivity contribution in [3.8, 4) is 0 Å². The van der Waals surface area contributed by atoms with Crippen LogP contribution < -0.4 is 5.32 Å². The molecule has 2 aliphatic heterocycles. The molecule has 0 radical (unpaired) electrons. The molecule has 0 aromatic carbocycles. The summed E-state index contributed by atoms with van der Waals surface area (Å²) in [5, 5.41) is 22.7. The number of esters is 1. The highest BCUT2D eigenvalue weighted by atomic mass is 127. The van der Waals surface area contributed by atoms with Crippen molar-refractivity contribution in [1.29, 1.82) is 0 Å². The Morgan fingerprint density at radius 2 is 2.00 bits per heavy atom. The van der Waals surface area contributed by atoms with Crippen LogP contribution in [0.4, 0.5) is 0 Å². The van der Waals surface area contributed by atoms with Crippen LogP contribution in [-0.2, 0) is 23.9 Å². The summed E-state index contributed by atoms with van der Waals surface area (Å²) in [6.07, 6.45) is -1.39. The van der Waals surface area contributed by atoms with Crippen LogP contribution >= 0.6 is 44.2 Å². The Kier molecular flexibility index (Phi) is 10.2. The minimum atomic E-state index is -1.28. The number of rotatable bonds is 11. The first-order valence-corrected chi connectivity index (χ1v) is 13.2. The molecule has 0 aromatic heterocycles. The van der Waals surface area contributed by atoms with E-state index in [9.17, 15) is 29.4 Å². The Bertz CT molecular complexity index is 668. The van der Waals surface area contributed by atoms with E-state index in [1.54, 1.807) is 51.1 Å². The van der Waals surface area contributed by atoms with Gasteiger partial charge in [0.25, 0.3) is 0 Å². The molecule has 2 saturated heterocycles. The fourth-order valence-corrected chi connectivity index (χ4v) is 6.10. The summed E-state index contributed by atoms with van der Waals surface area (Å²) in [4.78, 5) is 48.1. The lowest BCUT2D eigenvalue weighted by atomic mass is 9.95. The van der Waals surface area contributed by atoms with Gasteiger partial charge in [0.2, 0.25) is 0 Å². The molecule has 2 fully saturated rings. The number of fused-ring (bicyclic) bond motifs is 1. The number of aliphatic hydroxyl groups excluding tert-OH is 2. The van der Waals surface area contributed by atoms with Crippen LogP contribution in [0, 0.1) is 5.92 Å². The van der Waals surface area contributed by atoms with Gasteiger partial charge in [-0.15, -0.1) is 0 Å². The number of nitrogens with one attached hydrogen (secondary N) is 1. The maximum absolute atomic E-state index is 12.3. The lowest BCUT2D eigenvalue weighted by Gasteiger charge is -2.41. The Hall–Kier alpha value is -0.570. The van der Waals surface area contributed by atoms with E-state index in [2.05, 4.69) is 12.2 Å². The van der Waals surface area contributed by atoms with Gasteiger partial charge in [0, 0.05) is 17.4 Å². The smallest absolute Gasteiger partial charge is 0.314 e. The molecule has 30 heavy (non-hydrogen) atoms. The van der Waals surface area contributed by atoms with Crippen molar-refractivity contribution in [2.24, 2.45) is 5.92 Å². The van der Waals surface area contributed by atoms with Gasteiger partial charge in [-0.2, -0.15) is 0 Å². The van der Waals surface area contributed by atoms with Crippen LogP contribution in [0.1, 0.15) is 39.5 Å². The number of ether oxygens (including phenoxy) is 1. The van der Waals surface area contributed by atoms with Gasteiger partial charge in [0.15, 0.2) is 3.79 Å². The van der Waals surface area contributed by atoms with E-state index in [-0.39, 0.29) is 22.7 Å². The second-order valence-corrected chi connectivity index (χ2v) is 11.6. The first-order chi connectivity index (χ1) is 14.1. The predicted molar refractivity (Wildman–Crippen MR) is 122 cm³/mol. The number of hydrogen-bond acceptors (Lipinski definition) is 9. The van der Waals surface area contributed by atoms with E-state index in [4.69, 9.17) is 4.74 Å². The molecule has 2 rings (SSSR count). The number of amides is 2. The molecule has 12 heteroatoms. The van der Waals surface area contributed by atoms with E-state index in [0.717, 1.165) is 17.1 Å². The summed E-state index contributed by atoms with van der Waals surface area (Å²) in [5.41, 5.74) is 0. The van der Waals surface area contributed by atoms with Crippen LogP contribution in [-0.4, -0.2) is 78.7 Å². The van der Waals surface area contributed by atoms with Crippen LogP contribution in [0.15, 0.2) is 0 Å². The first-order valence-electron chi connectivity index (χ1n) is 9.74. The van der Waals surface area contributed by atoms with Gasteiger partial charge in [0.1, 0.15) is 18.9 Å². The molecule has 0 bridgehead atoms. The number of nitrogens with zero attached hydrogens (tertiary/aromatic N) is 1. The van der Waals surface area contributed by atoms with Crippen molar-refractivity contribution in [3.63, 3.8) is 0 Å². The van der Waals surface area contributed by atoms with Crippen LogP contribution in [0.5, 0.6) is 0 Å². The van der Waals surface area contributed by atoms with Crippen molar-refractivity contribution in [3.05, 3.63) is 0 Å². The number of carbonyl (C=O) groups is 4. The minimum absolute atomic E-state index is 0.0180. The topological polar surface area (TPSA) is 133 Å². The molecule has 6 unspecified atom stereocenters. The number of aliphatic hydroxyl groups is 2. The lowest BCUT2D eigenvalue weighted by molar-refractivity contribution is -0.160. The molecule has 9 nitrogen and oxygen atoms in total. The Labute approximate surface area is 196 Å². The van der Waals surface area contributed by atoms with Crippen molar-refractivity contribution >= 4 is 65.8 Å². The molecule has 170 valence electrons. The largest absolute Gasteiger partial charge is 0.463 e. The molecule has 0 saturated carbocycles. The first kappa shape index (κ1) is 25.7. The minimum Gasteiger partial charge on any atom is -0.463 e. The molecule has 0 aromatic rings. The van der Waals surface area contributed by atoms with E-state index in [1.165, 1.54) is 0 Å². The highest BCUT2D eigenvalue weighted by Gasteiger charge is 2.51. The van der Waals surface area contributed by atoms with Crippen molar-refractivity contribution in [1.82, 2.24) is 10.2 Å². The molecule has 0 spiro atoms. The average molecular weight is 574 g/mol. The third-order valence-electron chi connectivity index (χ3n) is 5.07. The van der Waals surface area contributed by atoms with E-state index in [0.29, 0.717) is 18.1 Å². The van der Waals surface area contributed by atoms with Crippen LogP contribution in [0.2, 0.25) is 0 Å². The summed E-state index contributed by atoms with van der Waals surface area (Å²) < 4.78 is 5.50. The van der Waals surface area contributed by atoms with E-state index in [1.807, 2.05) is 0 Å². The van der Waals surface area contributed by atoms with Gasteiger partial charge in [0.05, 0.1) is 18.1 Å². The number of piperidine rings is 1. The molecule has 2 amide bonds. The molecule has 2 heterocycles. The molecule has 0 aliphatic carbocycles. The molecule has 2 aliphatic rings. The third-order valence-corrected chi connectivity index (χ3v) is 8.60. The van der Waals surface area contributed by atoms with Gasteiger partial charge < -0.3 is 25.2 Å². The average Bonchev–Trinajstić information content (AvgIpc) is 3.00. The number of halogens is 1. The Balaban J connectivity index is 1.73. The molecular formula is C18H27IN2O7S2. The van der Waals surface area contributed by atoms with Gasteiger partial charge in [-0.1, -0.05) is 35.4 Å². The van der Waals surface area contributed by atoms with Crippen molar-refractivity contribution in [2.45, 2.75) is 69.2 Å². The summed E-state index contributed by atoms with van der Waals surface area (Å²) in [7, 11) is 3.35. The summed E-state index contributed by atoms with van der Waals surface area (Å²) in [6.45, 7) is 3.69. The van der Waals surface area contributed by atoms with Gasteiger partial charge >= 0.3 is 17.8 Å². The van der Waals surface area contributed by atoms with Crippen LogP contribution in [0.25, 0.3) is 0 Å². The second kappa shape index (κ2) is 11.9. The molecule has 3 N–H and O–H groups in total. The zero-order chi connectivity index (χ0) is 22.4. The van der Waals surface area contributed by atoms with Crippen molar-refractivity contribution in [2.75, 3.05) is 12.4 Å². The zero-order valence-electron chi connectivity index (χ0n) is 16.8. The van der Waals surface area contributed by atoms with Gasteiger partial charge in [-0.3, -0.25) is 19.2 Å². The Morgan fingerprint density at radius 1 is 1.30 bits per heavy atom. The lowest BCUT2D eigenvalue weighted by Crippen LogP contribution is -2.61. The van der Waals surface area contributed by atoms with E-state index < -0.39 is 42.2 Å². The number of carbonyl (C=O) groups excluding carboxylic acids is 4. The SMILES string of the molecule is CC(CCC(=O)I)SSCCC(C)C(=O)OCC1CC(O)C(O)C2NC(=O)C(=O)N12. The maximum atomic E-state index is 12.3. The molecule has 6 atom stereocenters. The highest BCUT2D eigenvalue weighted by Crippen LogP contribution is 2.31. The zero-order valence-corrected chi connectivity index (χ0v) is 20.6. The third kappa shape index (κ3) is 6.97. The van der Waals surface area contributed by atoms with Gasteiger partial charge in [-0.25, -0.2) is 0 Å². The Morgan fingerprint density at radius 3 is 2.67 bits per heavy atom. The normalized spacial score (nSPS) is 28.0. The van der Waals surface area contributed by atoms with Crippen LogP contribution in [0.3, 0.4) is 0 Å². The fraction of sp³-hybridized carbons (Fsp3) is 0.778. The van der Waals surface area contributed by atoms with E-state index >= 15 is 0 Å². The maximum Gasteiger partial charge on any atom is 0.314 e. The fourth-order valence-electron chi connectivity index (χ4n) is 3.24. The monoisotopic (exact) mass is 574 g/mol. The highest BCUT2D eigenvalue weighted by molar-refractivity contribution is 14.1. The van der Waals surface area contributed by atoms with Crippen molar-refractivity contribution < 1.29 is 34.1 Å². The predicted octanol–water partition coefficient (Wildman–Crippen LogP) is 0.846. The quantitative estimate of drug-likeness (QED) is 0.0821.